The predicted molar refractivity (Wildman–Crippen MR) is 51.0 cm³/mol. The number of ether oxygens (including phenoxy) is 1. The van der Waals surface area contributed by atoms with Crippen LogP contribution in [0.4, 0.5) is 18.9 Å². The molecule has 1 aromatic rings. The number of nitro benzene ring substituents is 1. The zero-order valence-corrected chi connectivity index (χ0v) is 8.60. The highest BCUT2D eigenvalue weighted by atomic mass is 19.3. The van der Waals surface area contributed by atoms with Gasteiger partial charge in [0.1, 0.15) is 5.75 Å². The second kappa shape index (κ2) is 5.34. The zero-order chi connectivity index (χ0) is 13.9. The first-order valence-corrected chi connectivity index (χ1v) is 4.45. The van der Waals surface area contributed by atoms with Crippen LogP contribution in [0.15, 0.2) is 12.1 Å². The lowest BCUT2D eigenvalue weighted by Gasteiger charge is -2.09. The van der Waals surface area contributed by atoms with E-state index in [2.05, 4.69) is 4.74 Å². The van der Waals surface area contributed by atoms with Crippen LogP contribution in [0.3, 0.4) is 0 Å². The predicted octanol–water partition coefficient (Wildman–Crippen LogP) is 1.96. The van der Waals surface area contributed by atoms with Crippen molar-refractivity contribution in [2.45, 2.75) is 13.0 Å². The van der Waals surface area contributed by atoms with Gasteiger partial charge in [-0.1, -0.05) is 0 Å². The Balaban J connectivity index is 3.38. The van der Waals surface area contributed by atoms with Crippen LogP contribution in [-0.4, -0.2) is 22.6 Å². The van der Waals surface area contributed by atoms with E-state index in [-0.39, 0.29) is 0 Å². The molecule has 0 heterocycles. The van der Waals surface area contributed by atoms with E-state index < -0.39 is 46.7 Å². The summed E-state index contributed by atoms with van der Waals surface area (Å²) in [5, 5.41) is 19.1. The third-order valence-electron chi connectivity index (χ3n) is 1.92. The number of rotatable bonds is 5. The number of benzene rings is 1. The molecular formula is C9H6F3NO5. The van der Waals surface area contributed by atoms with Gasteiger partial charge in [-0.15, -0.1) is 0 Å². The second-order valence-corrected chi connectivity index (χ2v) is 3.08. The average molecular weight is 265 g/mol. The van der Waals surface area contributed by atoms with E-state index in [4.69, 9.17) is 5.11 Å². The molecule has 0 atom stereocenters. The number of halogens is 3. The molecule has 0 unspecified atom stereocenters. The van der Waals surface area contributed by atoms with Gasteiger partial charge in [0.25, 0.3) is 0 Å². The van der Waals surface area contributed by atoms with E-state index in [1.165, 1.54) is 0 Å². The van der Waals surface area contributed by atoms with Gasteiger partial charge in [0.2, 0.25) is 5.82 Å². The van der Waals surface area contributed by atoms with Crippen LogP contribution in [0.1, 0.15) is 5.56 Å². The van der Waals surface area contributed by atoms with Crippen LogP contribution in [0.5, 0.6) is 5.75 Å². The minimum absolute atomic E-state index is 0.557. The standard InChI is InChI=1S/C9H6F3NO5/c10-5-1-2-6(18-9(11)12)4(3-7(14)15)8(5)13(16)17/h1-2,9H,3H2,(H,14,15). The number of carboxylic acids is 1. The monoisotopic (exact) mass is 265 g/mol. The molecule has 18 heavy (non-hydrogen) atoms. The van der Waals surface area contributed by atoms with Gasteiger partial charge in [0.05, 0.1) is 16.9 Å². The van der Waals surface area contributed by atoms with Crippen molar-refractivity contribution in [2.24, 2.45) is 0 Å². The van der Waals surface area contributed by atoms with Gasteiger partial charge in [0.15, 0.2) is 0 Å². The van der Waals surface area contributed by atoms with Gasteiger partial charge < -0.3 is 9.84 Å². The number of hydrogen-bond donors (Lipinski definition) is 1. The average Bonchev–Trinajstić information content (AvgIpc) is 2.20. The molecular weight excluding hydrogens is 259 g/mol. The number of carbonyl (C=O) groups is 1. The normalized spacial score (nSPS) is 10.4. The van der Waals surface area contributed by atoms with Crippen molar-refractivity contribution < 1.29 is 32.7 Å². The Labute approximate surface area is 97.7 Å². The lowest BCUT2D eigenvalue weighted by molar-refractivity contribution is -0.388. The van der Waals surface area contributed by atoms with Gasteiger partial charge in [-0.2, -0.15) is 13.2 Å². The Morgan fingerprint density at radius 3 is 2.56 bits per heavy atom. The van der Waals surface area contributed by atoms with Crippen LogP contribution < -0.4 is 4.74 Å². The van der Waals surface area contributed by atoms with Gasteiger partial charge in [-0.25, -0.2) is 0 Å². The van der Waals surface area contributed by atoms with E-state index in [1.54, 1.807) is 0 Å². The topological polar surface area (TPSA) is 89.7 Å². The summed E-state index contributed by atoms with van der Waals surface area (Å²) in [6.07, 6.45) is -1.00. The van der Waals surface area contributed by atoms with Crippen LogP contribution in [0, 0.1) is 15.9 Å². The molecule has 0 aliphatic carbocycles. The molecule has 0 saturated heterocycles. The number of nitro groups is 1. The van der Waals surface area contributed by atoms with Gasteiger partial charge in [-0.3, -0.25) is 14.9 Å². The molecule has 0 amide bonds. The highest BCUT2D eigenvalue weighted by Crippen LogP contribution is 2.32. The Hall–Kier alpha value is -2.32. The van der Waals surface area contributed by atoms with E-state index in [9.17, 15) is 28.1 Å². The summed E-state index contributed by atoms with van der Waals surface area (Å²) in [4.78, 5) is 19.9. The van der Waals surface area contributed by atoms with Gasteiger partial charge >= 0.3 is 18.3 Å². The first-order valence-electron chi connectivity index (χ1n) is 4.45. The summed E-state index contributed by atoms with van der Waals surface area (Å²) in [6.45, 7) is -3.30. The molecule has 9 heteroatoms. The Morgan fingerprint density at radius 2 is 2.11 bits per heavy atom. The lowest BCUT2D eigenvalue weighted by Crippen LogP contribution is -2.11. The fourth-order valence-corrected chi connectivity index (χ4v) is 1.32. The molecule has 1 N–H and O–H groups in total. The molecule has 0 bridgehead atoms. The molecule has 1 aromatic carbocycles. The first kappa shape index (κ1) is 13.7. The Kier molecular flexibility index (Phi) is 4.08. The van der Waals surface area contributed by atoms with E-state index >= 15 is 0 Å². The third-order valence-corrected chi connectivity index (χ3v) is 1.92. The van der Waals surface area contributed by atoms with Crippen LogP contribution in [0.25, 0.3) is 0 Å². The maximum absolute atomic E-state index is 13.2. The molecule has 0 aliphatic heterocycles. The second-order valence-electron chi connectivity index (χ2n) is 3.08. The summed E-state index contributed by atoms with van der Waals surface area (Å²) in [6, 6.07) is 1.27. The fourth-order valence-electron chi connectivity index (χ4n) is 1.32. The summed E-state index contributed by atoms with van der Waals surface area (Å²) in [7, 11) is 0. The fraction of sp³-hybridized carbons (Fsp3) is 0.222. The van der Waals surface area contributed by atoms with Crippen LogP contribution >= 0.6 is 0 Å². The summed E-state index contributed by atoms with van der Waals surface area (Å²) in [5.41, 5.74) is -1.93. The maximum Gasteiger partial charge on any atom is 0.387 e. The van der Waals surface area contributed by atoms with Crippen LogP contribution in [-0.2, 0) is 11.2 Å². The van der Waals surface area contributed by atoms with E-state index in [1.807, 2.05) is 0 Å². The van der Waals surface area contributed by atoms with Crippen molar-refractivity contribution in [3.05, 3.63) is 33.6 Å². The summed E-state index contributed by atoms with van der Waals surface area (Å²) in [5.74, 6) is -3.60. The minimum atomic E-state index is -3.30. The summed E-state index contributed by atoms with van der Waals surface area (Å²) >= 11 is 0. The molecule has 0 aliphatic rings. The molecule has 0 aromatic heterocycles. The number of nitrogens with zero attached hydrogens (tertiary/aromatic N) is 1. The van der Waals surface area contributed by atoms with Crippen molar-refractivity contribution >= 4 is 11.7 Å². The quantitative estimate of drug-likeness (QED) is 0.649. The van der Waals surface area contributed by atoms with Crippen molar-refractivity contribution in [3.8, 4) is 5.75 Å². The van der Waals surface area contributed by atoms with E-state index in [0.717, 1.165) is 0 Å². The Morgan fingerprint density at radius 1 is 1.50 bits per heavy atom. The van der Waals surface area contributed by atoms with Crippen molar-refractivity contribution in [1.29, 1.82) is 0 Å². The molecule has 0 radical (unpaired) electrons. The van der Waals surface area contributed by atoms with Gasteiger partial charge in [-0.05, 0) is 12.1 Å². The van der Waals surface area contributed by atoms with E-state index in [0.29, 0.717) is 12.1 Å². The number of alkyl halides is 2. The minimum Gasteiger partial charge on any atom is -0.481 e. The van der Waals surface area contributed by atoms with Gasteiger partial charge in [0, 0.05) is 0 Å². The van der Waals surface area contributed by atoms with Crippen molar-refractivity contribution in [2.75, 3.05) is 0 Å². The first-order chi connectivity index (χ1) is 8.32. The summed E-state index contributed by atoms with van der Waals surface area (Å²) < 4.78 is 41.2. The highest BCUT2D eigenvalue weighted by molar-refractivity contribution is 5.74. The lowest BCUT2D eigenvalue weighted by atomic mass is 10.1. The van der Waals surface area contributed by atoms with Crippen LogP contribution in [0.2, 0.25) is 0 Å². The zero-order valence-electron chi connectivity index (χ0n) is 8.60. The third kappa shape index (κ3) is 3.09. The molecule has 1 rings (SSSR count). The molecule has 0 saturated carbocycles. The SMILES string of the molecule is O=C(O)Cc1c(OC(F)F)ccc(F)c1[N+](=O)[O-]. The van der Waals surface area contributed by atoms with Crippen molar-refractivity contribution in [1.82, 2.24) is 0 Å². The Bertz CT molecular complexity index is 491. The highest BCUT2D eigenvalue weighted by Gasteiger charge is 2.27. The van der Waals surface area contributed by atoms with Crippen molar-refractivity contribution in [3.63, 3.8) is 0 Å². The number of hydrogen-bond acceptors (Lipinski definition) is 4. The number of carboxylic acid groups (broad SMARTS) is 1. The molecule has 6 nitrogen and oxygen atoms in total. The number of aliphatic carboxylic acids is 1. The largest absolute Gasteiger partial charge is 0.481 e. The molecule has 0 spiro atoms. The smallest absolute Gasteiger partial charge is 0.387 e. The maximum atomic E-state index is 13.2. The molecule has 98 valence electrons. The molecule has 0 fully saturated rings.